The zero-order valence-electron chi connectivity index (χ0n) is 9.43. The van der Waals surface area contributed by atoms with Gasteiger partial charge in [0.1, 0.15) is 6.33 Å². The van der Waals surface area contributed by atoms with Crippen LogP contribution in [0.25, 0.3) is 0 Å². The van der Waals surface area contributed by atoms with Crippen molar-refractivity contribution in [3.05, 3.63) is 12.2 Å². The van der Waals surface area contributed by atoms with E-state index in [9.17, 15) is 9.59 Å². The molecule has 1 heterocycles. The first-order chi connectivity index (χ1) is 7.56. The summed E-state index contributed by atoms with van der Waals surface area (Å²) < 4.78 is 4.57. The molecule has 0 radical (unpaired) electrons. The first kappa shape index (κ1) is 12.2. The number of ether oxygens (including phenoxy) is 1. The maximum atomic E-state index is 11.7. The van der Waals surface area contributed by atoms with Crippen LogP contribution >= 0.6 is 0 Å². The second kappa shape index (κ2) is 5.24. The van der Waals surface area contributed by atoms with Gasteiger partial charge in [0.15, 0.2) is 0 Å². The molecule has 0 spiro atoms. The third kappa shape index (κ3) is 2.78. The van der Waals surface area contributed by atoms with Gasteiger partial charge >= 0.3 is 5.97 Å². The van der Waals surface area contributed by atoms with Crippen LogP contribution < -0.4 is 0 Å². The topological polar surface area (TPSA) is 88.2 Å². The first-order valence-electron chi connectivity index (χ1n) is 4.75. The zero-order valence-corrected chi connectivity index (χ0v) is 9.43. The van der Waals surface area contributed by atoms with Gasteiger partial charge in [-0.25, -0.2) is 4.98 Å². The van der Waals surface area contributed by atoms with Crippen LogP contribution in [0, 0.1) is 5.92 Å². The Morgan fingerprint density at radius 1 is 1.62 bits per heavy atom. The van der Waals surface area contributed by atoms with Gasteiger partial charge in [0.25, 0.3) is 5.91 Å². The highest BCUT2D eigenvalue weighted by Crippen LogP contribution is 2.03. The average molecular weight is 226 g/mol. The van der Waals surface area contributed by atoms with Crippen molar-refractivity contribution in [3.63, 3.8) is 0 Å². The van der Waals surface area contributed by atoms with Gasteiger partial charge in [0, 0.05) is 13.6 Å². The summed E-state index contributed by atoms with van der Waals surface area (Å²) in [6.07, 6.45) is 1.25. The summed E-state index contributed by atoms with van der Waals surface area (Å²) in [5.41, 5.74) is 0. The molecular formula is C9H14N4O3. The van der Waals surface area contributed by atoms with E-state index in [1.807, 2.05) is 0 Å². The summed E-state index contributed by atoms with van der Waals surface area (Å²) in [4.78, 5) is 28.0. The lowest BCUT2D eigenvalue weighted by Crippen LogP contribution is -2.34. The van der Waals surface area contributed by atoms with Crippen LogP contribution in [0.4, 0.5) is 0 Å². The average Bonchev–Trinajstić information content (AvgIpc) is 2.79. The Hall–Kier alpha value is -1.92. The number of aromatic nitrogens is 3. The summed E-state index contributed by atoms with van der Waals surface area (Å²) in [6.45, 7) is 1.96. The SMILES string of the molecule is COC(=O)C(C)CN(C)C(=O)c1ncn[nH]1. The monoisotopic (exact) mass is 226 g/mol. The van der Waals surface area contributed by atoms with Crippen LogP contribution in [0.5, 0.6) is 0 Å². The van der Waals surface area contributed by atoms with Crippen LogP contribution in [-0.2, 0) is 9.53 Å². The molecule has 1 amide bonds. The number of H-pyrrole nitrogens is 1. The van der Waals surface area contributed by atoms with Crippen LogP contribution in [0.1, 0.15) is 17.5 Å². The number of rotatable bonds is 4. The number of esters is 1. The maximum Gasteiger partial charge on any atom is 0.310 e. The Balaban J connectivity index is 2.56. The molecule has 0 aromatic carbocycles. The van der Waals surface area contributed by atoms with Crippen molar-refractivity contribution in [2.75, 3.05) is 20.7 Å². The summed E-state index contributed by atoms with van der Waals surface area (Å²) >= 11 is 0. The minimum Gasteiger partial charge on any atom is -0.469 e. The smallest absolute Gasteiger partial charge is 0.310 e. The van der Waals surface area contributed by atoms with Gasteiger partial charge in [0.2, 0.25) is 5.82 Å². The normalized spacial score (nSPS) is 11.9. The number of methoxy groups -OCH3 is 1. The van der Waals surface area contributed by atoms with Crippen molar-refractivity contribution in [1.29, 1.82) is 0 Å². The van der Waals surface area contributed by atoms with Gasteiger partial charge in [-0.2, -0.15) is 5.10 Å². The lowest BCUT2D eigenvalue weighted by atomic mass is 10.2. The summed E-state index contributed by atoms with van der Waals surface area (Å²) in [6, 6.07) is 0. The Kier molecular flexibility index (Phi) is 3.98. The second-order valence-electron chi connectivity index (χ2n) is 3.44. The lowest BCUT2D eigenvalue weighted by Gasteiger charge is -2.18. The van der Waals surface area contributed by atoms with Crippen molar-refractivity contribution >= 4 is 11.9 Å². The van der Waals surface area contributed by atoms with Crippen molar-refractivity contribution in [2.45, 2.75) is 6.92 Å². The Bertz CT molecular complexity index is 363. The molecule has 0 aliphatic rings. The van der Waals surface area contributed by atoms with Crippen molar-refractivity contribution < 1.29 is 14.3 Å². The Morgan fingerprint density at radius 2 is 2.31 bits per heavy atom. The van der Waals surface area contributed by atoms with E-state index in [0.717, 1.165) is 0 Å². The maximum absolute atomic E-state index is 11.7. The standard InChI is InChI=1S/C9H14N4O3/c1-6(9(15)16-3)4-13(2)8(14)7-10-5-11-12-7/h5-6H,4H2,1-3H3,(H,10,11,12). The summed E-state index contributed by atoms with van der Waals surface area (Å²) in [5, 5.41) is 6.05. The first-order valence-corrected chi connectivity index (χ1v) is 4.75. The molecule has 88 valence electrons. The van der Waals surface area contributed by atoms with E-state index < -0.39 is 0 Å². The third-order valence-corrected chi connectivity index (χ3v) is 2.12. The van der Waals surface area contributed by atoms with Crippen molar-refractivity contribution in [1.82, 2.24) is 20.1 Å². The Morgan fingerprint density at radius 3 is 2.81 bits per heavy atom. The van der Waals surface area contributed by atoms with Crippen LogP contribution in [0.2, 0.25) is 0 Å². The van der Waals surface area contributed by atoms with Gasteiger partial charge in [-0.15, -0.1) is 0 Å². The van der Waals surface area contributed by atoms with Crippen molar-refractivity contribution in [2.24, 2.45) is 5.92 Å². The van der Waals surface area contributed by atoms with E-state index in [-0.39, 0.29) is 30.2 Å². The number of carbonyl (C=O) groups is 2. The summed E-state index contributed by atoms with van der Waals surface area (Å²) in [5.74, 6) is -0.882. The van der Waals surface area contributed by atoms with Crippen LogP contribution in [0.3, 0.4) is 0 Å². The Labute approximate surface area is 92.8 Å². The van der Waals surface area contributed by atoms with E-state index in [0.29, 0.717) is 0 Å². The molecule has 1 aromatic rings. The molecule has 16 heavy (non-hydrogen) atoms. The molecule has 1 aromatic heterocycles. The molecule has 1 rings (SSSR count). The second-order valence-corrected chi connectivity index (χ2v) is 3.44. The number of hydrogen-bond acceptors (Lipinski definition) is 5. The molecule has 1 unspecified atom stereocenters. The number of amides is 1. The number of hydrogen-bond donors (Lipinski definition) is 1. The third-order valence-electron chi connectivity index (χ3n) is 2.12. The number of carbonyl (C=O) groups excluding carboxylic acids is 2. The predicted molar refractivity (Wildman–Crippen MR) is 54.5 cm³/mol. The molecule has 1 N–H and O–H groups in total. The van der Waals surface area contributed by atoms with Gasteiger partial charge in [-0.05, 0) is 0 Å². The molecule has 0 fully saturated rings. The van der Waals surface area contributed by atoms with Crippen LogP contribution in [-0.4, -0.2) is 52.7 Å². The summed E-state index contributed by atoms with van der Waals surface area (Å²) in [7, 11) is 2.90. The number of aromatic amines is 1. The fraction of sp³-hybridized carbons (Fsp3) is 0.556. The molecule has 0 saturated carbocycles. The highest BCUT2D eigenvalue weighted by molar-refractivity contribution is 5.90. The molecule has 0 saturated heterocycles. The lowest BCUT2D eigenvalue weighted by molar-refractivity contribution is -0.145. The molecular weight excluding hydrogens is 212 g/mol. The van der Waals surface area contributed by atoms with Gasteiger partial charge < -0.3 is 9.64 Å². The molecule has 1 atom stereocenters. The van der Waals surface area contributed by atoms with Gasteiger partial charge in [-0.1, -0.05) is 6.92 Å². The number of nitrogens with one attached hydrogen (secondary N) is 1. The van der Waals surface area contributed by atoms with E-state index in [1.54, 1.807) is 14.0 Å². The van der Waals surface area contributed by atoms with E-state index >= 15 is 0 Å². The van der Waals surface area contributed by atoms with Gasteiger partial charge in [0.05, 0.1) is 13.0 Å². The predicted octanol–water partition coefficient (Wildman–Crippen LogP) is -0.314. The molecule has 0 aliphatic heterocycles. The largest absolute Gasteiger partial charge is 0.469 e. The fourth-order valence-corrected chi connectivity index (χ4v) is 1.26. The van der Waals surface area contributed by atoms with Crippen LogP contribution in [0.15, 0.2) is 6.33 Å². The quantitative estimate of drug-likeness (QED) is 0.711. The van der Waals surface area contributed by atoms with E-state index in [1.165, 1.54) is 18.3 Å². The minimum atomic E-state index is -0.373. The van der Waals surface area contributed by atoms with E-state index in [2.05, 4.69) is 19.9 Å². The molecule has 7 heteroatoms. The fourth-order valence-electron chi connectivity index (χ4n) is 1.26. The molecule has 0 aliphatic carbocycles. The highest BCUT2D eigenvalue weighted by Gasteiger charge is 2.20. The zero-order chi connectivity index (χ0) is 12.1. The van der Waals surface area contributed by atoms with E-state index in [4.69, 9.17) is 0 Å². The number of nitrogens with zero attached hydrogens (tertiary/aromatic N) is 3. The van der Waals surface area contributed by atoms with Gasteiger partial charge in [-0.3, -0.25) is 14.7 Å². The molecule has 7 nitrogen and oxygen atoms in total. The minimum absolute atomic E-state index is 0.152. The highest BCUT2D eigenvalue weighted by atomic mass is 16.5. The van der Waals surface area contributed by atoms with Crippen molar-refractivity contribution in [3.8, 4) is 0 Å². The molecule has 0 bridgehead atoms.